The molecule has 17 heavy (non-hydrogen) atoms. The highest BCUT2D eigenvalue weighted by Gasteiger charge is 2.28. The van der Waals surface area contributed by atoms with Crippen molar-refractivity contribution in [3.63, 3.8) is 0 Å². The number of aromatic hydroxyl groups is 1. The Kier molecular flexibility index (Phi) is 4.16. The van der Waals surface area contributed by atoms with Crippen molar-refractivity contribution in [1.29, 1.82) is 0 Å². The minimum Gasteiger partial charge on any atom is -0.507 e. The molecule has 0 amide bonds. The lowest BCUT2D eigenvalue weighted by atomic mass is 10.1. The molecule has 0 saturated heterocycles. The fourth-order valence-electron chi connectivity index (χ4n) is 1.47. The highest BCUT2D eigenvalue weighted by Crippen LogP contribution is 2.26. The average molecular weight is 257 g/mol. The Balaban J connectivity index is 3.17. The zero-order chi connectivity index (χ0) is 13.2. The summed E-state index contributed by atoms with van der Waals surface area (Å²) in [6.07, 6.45) is 0. The van der Waals surface area contributed by atoms with E-state index in [0.717, 1.165) is 0 Å². The molecule has 4 nitrogen and oxygen atoms in total. The number of para-hydroxylation sites is 1. The molecule has 0 aromatic heterocycles. The van der Waals surface area contributed by atoms with Gasteiger partial charge in [-0.3, -0.25) is 0 Å². The Morgan fingerprint density at radius 3 is 2.18 bits per heavy atom. The molecular weight excluding hydrogens is 238 g/mol. The molecule has 1 aromatic rings. The van der Waals surface area contributed by atoms with Crippen molar-refractivity contribution in [3.05, 3.63) is 24.3 Å². The van der Waals surface area contributed by atoms with E-state index in [0.29, 0.717) is 0 Å². The molecule has 1 N–H and O–H groups in total. The number of hydrogen-bond donors (Lipinski definition) is 1. The Hall–Kier alpha value is -1.07. The highest BCUT2D eigenvalue weighted by atomic mass is 32.2. The summed E-state index contributed by atoms with van der Waals surface area (Å²) in [7, 11) is -2.10. The van der Waals surface area contributed by atoms with Gasteiger partial charge >= 0.3 is 0 Å². The van der Waals surface area contributed by atoms with Crippen LogP contribution in [0.3, 0.4) is 0 Å². The van der Waals surface area contributed by atoms with E-state index in [2.05, 4.69) is 0 Å². The minimum absolute atomic E-state index is 0.0463. The van der Waals surface area contributed by atoms with Gasteiger partial charge in [0.25, 0.3) is 0 Å². The second kappa shape index (κ2) is 5.06. The van der Waals surface area contributed by atoms with Gasteiger partial charge in [-0.25, -0.2) is 8.42 Å². The van der Waals surface area contributed by atoms with Gasteiger partial charge < -0.3 is 5.11 Å². The fraction of sp³-hybridized carbons (Fsp3) is 0.500. The van der Waals surface area contributed by atoms with E-state index in [4.69, 9.17) is 0 Å². The van der Waals surface area contributed by atoms with E-state index < -0.39 is 10.0 Å². The predicted octanol–water partition coefficient (Wildman–Crippen LogP) is 2.06. The molecule has 0 heterocycles. The Morgan fingerprint density at radius 2 is 1.71 bits per heavy atom. The van der Waals surface area contributed by atoms with Crippen LogP contribution < -0.4 is 0 Å². The van der Waals surface area contributed by atoms with Crippen LogP contribution in [0.4, 0.5) is 0 Å². The molecule has 0 aliphatic rings. The van der Waals surface area contributed by atoms with Gasteiger partial charge in [0.2, 0.25) is 10.0 Å². The lowest BCUT2D eigenvalue weighted by molar-refractivity contribution is 0.314. The summed E-state index contributed by atoms with van der Waals surface area (Å²) in [6.45, 7) is 5.77. The number of benzene rings is 1. The van der Waals surface area contributed by atoms with E-state index in [1.54, 1.807) is 12.1 Å². The van der Waals surface area contributed by atoms with Crippen molar-refractivity contribution >= 4 is 10.0 Å². The summed E-state index contributed by atoms with van der Waals surface area (Å²) >= 11 is 0. The molecule has 0 spiro atoms. The van der Waals surface area contributed by atoms with Crippen molar-refractivity contribution in [2.24, 2.45) is 5.92 Å². The maximum atomic E-state index is 12.3. The van der Waals surface area contributed by atoms with Gasteiger partial charge in [0.05, 0.1) is 0 Å². The first-order valence-electron chi connectivity index (χ1n) is 5.54. The molecule has 0 bridgehead atoms. The van der Waals surface area contributed by atoms with Crippen LogP contribution in [0.5, 0.6) is 5.75 Å². The standard InChI is InChI=1S/C12H19NO3S/c1-9(2)10(3)13(4)17(15,16)12-8-6-5-7-11(12)14/h5-10,14H,1-4H3. The number of rotatable bonds is 4. The van der Waals surface area contributed by atoms with E-state index in [-0.39, 0.29) is 22.6 Å². The van der Waals surface area contributed by atoms with Crippen LogP contribution in [0.15, 0.2) is 29.2 Å². The molecule has 1 unspecified atom stereocenters. The van der Waals surface area contributed by atoms with Crippen LogP contribution in [0.2, 0.25) is 0 Å². The van der Waals surface area contributed by atoms with Crippen molar-refractivity contribution in [2.75, 3.05) is 7.05 Å². The van der Waals surface area contributed by atoms with Crippen LogP contribution in [0.1, 0.15) is 20.8 Å². The quantitative estimate of drug-likeness (QED) is 0.898. The SMILES string of the molecule is CC(C)C(C)N(C)S(=O)(=O)c1ccccc1O. The number of phenols is 1. The Bertz CT molecular complexity index is 482. The first-order chi connectivity index (χ1) is 7.78. The van der Waals surface area contributed by atoms with Gasteiger partial charge in [0.15, 0.2) is 0 Å². The Labute approximate surface area is 103 Å². The third kappa shape index (κ3) is 2.79. The maximum Gasteiger partial charge on any atom is 0.246 e. The highest BCUT2D eigenvalue weighted by molar-refractivity contribution is 7.89. The average Bonchev–Trinajstić information content (AvgIpc) is 2.27. The second-order valence-electron chi connectivity index (χ2n) is 4.47. The molecule has 5 heteroatoms. The molecule has 0 radical (unpaired) electrons. The molecular formula is C12H19NO3S. The van der Waals surface area contributed by atoms with E-state index in [1.807, 2.05) is 20.8 Å². The van der Waals surface area contributed by atoms with E-state index >= 15 is 0 Å². The number of phenolic OH excluding ortho intramolecular Hbond substituents is 1. The molecule has 0 aliphatic carbocycles. The minimum atomic E-state index is -3.63. The molecule has 1 aromatic carbocycles. The third-order valence-electron chi connectivity index (χ3n) is 3.06. The van der Waals surface area contributed by atoms with Gasteiger partial charge in [0.1, 0.15) is 10.6 Å². The molecule has 0 saturated carbocycles. The van der Waals surface area contributed by atoms with Crippen molar-refractivity contribution in [1.82, 2.24) is 4.31 Å². The van der Waals surface area contributed by atoms with Gasteiger partial charge in [-0.05, 0) is 25.0 Å². The summed E-state index contributed by atoms with van der Waals surface area (Å²) in [6, 6.07) is 5.86. The smallest absolute Gasteiger partial charge is 0.246 e. The Morgan fingerprint density at radius 1 is 1.18 bits per heavy atom. The van der Waals surface area contributed by atoms with Crippen LogP contribution >= 0.6 is 0 Å². The van der Waals surface area contributed by atoms with Crippen LogP contribution in [-0.2, 0) is 10.0 Å². The molecule has 1 rings (SSSR count). The second-order valence-corrected chi connectivity index (χ2v) is 6.44. The van der Waals surface area contributed by atoms with Crippen LogP contribution in [0.25, 0.3) is 0 Å². The molecule has 0 aliphatic heterocycles. The maximum absolute atomic E-state index is 12.3. The van der Waals surface area contributed by atoms with Gasteiger partial charge in [-0.2, -0.15) is 4.31 Å². The van der Waals surface area contributed by atoms with Gasteiger partial charge in [-0.1, -0.05) is 26.0 Å². The summed E-state index contributed by atoms with van der Waals surface area (Å²) in [5.41, 5.74) is 0. The third-order valence-corrected chi connectivity index (χ3v) is 5.05. The largest absolute Gasteiger partial charge is 0.507 e. The molecule has 96 valence electrons. The normalized spacial score (nSPS) is 14.2. The van der Waals surface area contributed by atoms with Crippen LogP contribution in [0, 0.1) is 5.92 Å². The van der Waals surface area contributed by atoms with Crippen molar-refractivity contribution < 1.29 is 13.5 Å². The first kappa shape index (κ1) is 14.0. The summed E-state index contributed by atoms with van der Waals surface area (Å²) in [4.78, 5) is -0.0463. The topological polar surface area (TPSA) is 57.6 Å². The molecule has 1 atom stereocenters. The van der Waals surface area contributed by atoms with Gasteiger partial charge in [-0.15, -0.1) is 0 Å². The van der Waals surface area contributed by atoms with Crippen molar-refractivity contribution in [3.8, 4) is 5.75 Å². The van der Waals surface area contributed by atoms with E-state index in [1.165, 1.54) is 23.5 Å². The fourth-order valence-corrected chi connectivity index (χ4v) is 3.04. The molecule has 0 fully saturated rings. The van der Waals surface area contributed by atoms with Crippen molar-refractivity contribution in [2.45, 2.75) is 31.7 Å². The summed E-state index contributed by atoms with van der Waals surface area (Å²) < 4.78 is 25.8. The van der Waals surface area contributed by atoms with Gasteiger partial charge in [0, 0.05) is 13.1 Å². The summed E-state index contributed by atoms with van der Waals surface area (Å²) in [5, 5.41) is 9.61. The zero-order valence-corrected chi connectivity index (χ0v) is 11.4. The monoisotopic (exact) mass is 257 g/mol. The van der Waals surface area contributed by atoms with Crippen LogP contribution in [-0.4, -0.2) is 30.9 Å². The first-order valence-corrected chi connectivity index (χ1v) is 6.98. The van der Waals surface area contributed by atoms with E-state index in [9.17, 15) is 13.5 Å². The predicted molar refractivity (Wildman–Crippen MR) is 67.4 cm³/mol. The lowest BCUT2D eigenvalue weighted by Crippen LogP contribution is -2.38. The number of sulfonamides is 1. The number of nitrogens with zero attached hydrogens (tertiary/aromatic N) is 1. The number of hydrogen-bond acceptors (Lipinski definition) is 3. The summed E-state index contributed by atoms with van der Waals surface area (Å²) in [5.74, 6) is -0.00376. The lowest BCUT2D eigenvalue weighted by Gasteiger charge is -2.27. The zero-order valence-electron chi connectivity index (χ0n) is 10.6.